The van der Waals surface area contributed by atoms with E-state index in [0.717, 1.165) is 78.6 Å². The van der Waals surface area contributed by atoms with Gasteiger partial charge in [-0.15, -0.1) is 0 Å². The van der Waals surface area contributed by atoms with Crippen molar-refractivity contribution in [2.45, 2.75) is 80.0 Å². The lowest BCUT2D eigenvalue weighted by Crippen LogP contribution is -2.50. The molecule has 3 aliphatic rings. The summed E-state index contributed by atoms with van der Waals surface area (Å²) in [5.74, 6) is 0. The summed E-state index contributed by atoms with van der Waals surface area (Å²) in [5.41, 5.74) is 7.96. The SMILES string of the molecule is CC1(N2CCCC2CO)CCc2ccc(-c3cnc4n[nH]c(-c5ccc(S(=O)C6CC6)cc5)c4c3)cc2CC1. The summed E-state index contributed by atoms with van der Waals surface area (Å²) in [6, 6.07) is 17.5. The highest BCUT2D eigenvalue weighted by molar-refractivity contribution is 7.86. The Morgan fingerprint density at radius 1 is 1.00 bits per heavy atom. The smallest absolute Gasteiger partial charge is 0.181 e. The van der Waals surface area contributed by atoms with Crippen molar-refractivity contribution < 1.29 is 9.32 Å². The van der Waals surface area contributed by atoms with Gasteiger partial charge in [-0.2, -0.15) is 5.10 Å². The van der Waals surface area contributed by atoms with Crippen molar-refractivity contribution in [2.75, 3.05) is 13.2 Å². The minimum atomic E-state index is -0.898. The normalized spacial score (nSPS) is 24.5. The molecule has 2 N–H and O–H groups in total. The maximum absolute atomic E-state index is 12.5. The van der Waals surface area contributed by atoms with Crippen LogP contribution in [0.4, 0.5) is 0 Å². The topological polar surface area (TPSA) is 82.1 Å². The van der Waals surface area contributed by atoms with Crippen molar-refractivity contribution >= 4 is 21.8 Å². The van der Waals surface area contributed by atoms with Gasteiger partial charge in [-0.25, -0.2) is 4.98 Å². The fourth-order valence-corrected chi connectivity index (χ4v) is 8.10. The number of aryl methyl sites for hydroxylation is 2. The molecule has 0 amide bonds. The average Bonchev–Trinajstić information content (AvgIpc) is 3.60. The fraction of sp³-hybridized carbons (Fsp3) is 0.438. The lowest BCUT2D eigenvalue weighted by Gasteiger charge is -2.42. The number of pyridine rings is 1. The molecule has 39 heavy (non-hydrogen) atoms. The average molecular weight is 541 g/mol. The van der Waals surface area contributed by atoms with Crippen LogP contribution in [0.3, 0.4) is 0 Å². The first-order valence-electron chi connectivity index (χ1n) is 14.4. The highest BCUT2D eigenvalue weighted by atomic mass is 32.2. The summed E-state index contributed by atoms with van der Waals surface area (Å²) in [6.45, 7) is 3.77. The highest BCUT2D eigenvalue weighted by Crippen LogP contribution is 2.38. The Labute approximate surface area is 232 Å². The summed E-state index contributed by atoms with van der Waals surface area (Å²) in [4.78, 5) is 8.18. The van der Waals surface area contributed by atoms with Crippen molar-refractivity contribution in [1.82, 2.24) is 20.1 Å². The number of nitrogens with one attached hydrogen (secondary N) is 1. The molecule has 0 bridgehead atoms. The van der Waals surface area contributed by atoms with E-state index in [1.807, 2.05) is 30.5 Å². The van der Waals surface area contributed by atoms with Gasteiger partial charge in [-0.05, 0) is 99.7 Å². The standard InChI is InChI=1S/C32H36N4O2S/c1-32(36-16-2-3-26(36)20-37)14-12-21-4-5-23(17-24(21)13-15-32)25-18-29-30(34-35-31(29)33-19-25)22-6-8-27(9-7-22)39(38)28-10-11-28/h4-9,17-19,26,28,37H,2-3,10-16,20H2,1H3,(H,33,34,35). The molecule has 3 heterocycles. The monoisotopic (exact) mass is 540 g/mol. The van der Waals surface area contributed by atoms with Gasteiger partial charge in [0.25, 0.3) is 0 Å². The molecular formula is C32H36N4O2S. The van der Waals surface area contributed by atoms with Crippen molar-refractivity contribution in [3.63, 3.8) is 0 Å². The molecule has 2 aromatic carbocycles. The number of aliphatic hydroxyl groups excluding tert-OH is 1. The van der Waals surface area contributed by atoms with E-state index in [4.69, 9.17) is 0 Å². The molecule has 2 aliphatic carbocycles. The summed E-state index contributed by atoms with van der Waals surface area (Å²) >= 11 is 0. The molecule has 1 aliphatic heterocycles. The lowest BCUT2D eigenvalue weighted by atomic mass is 9.89. The van der Waals surface area contributed by atoms with Gasteiger partial charge in [-0.3, -0.25) is 14.2 Å². The van der Waals surface area contributed by atoms with Crippen LogP contribution in [0.5, 0.6) is 0 Å². The molecule has 2 fully saturated rings. The molecule has 7 rings (SSSR count). The zero-order valence-electron chi connectivity index (χ0n) is 22.5. The van der Waals surface area contributed by atoms with Gasteiger partial charge in [0, 0.05) is 44.4 Å². The third-order valence-corrected chi connectivity index (χ3v) is 11.1. The third-order valence-electron chi connectivity index (χ3n) is 9.30. The summed E-state index contributed by atoms with van der Waals surface area (Å²) in [7, 11) is -0.898. The number of benzene rings is 2. The Morgan fingerprint density at radius 2 is 1.77 bits per heavy atom. The highest BCUT2D eigenvalue weighted by Gasteiger charge is 2.39. The van der Waals surface area contributed by atoms with E-state index in [-0.39, 0.29) is 12.1 Å². The number of fused-ring (bicyclic) bond motifs is 2. The molecule has 2 aromatic heterocycles. The van der Waals surface area contributed by atoms with Crippen LogP contribution in [0.15, 0.2) is 59.6 Å². The molecule has 0 spiro atoms. The predicted octanol–water partition coefficient (Wildman–Crippen LogP) is 5.66. The molecule has 6 nitrogen and oxygen atoms in total. The number of aromatic nitrogens is 3. The predicted molar refractivity (Wildman–Crippen MR) is 156 cm³/mol. The van der Waals surface area contributed by atoms with Gasteiger partial charge < -0.3 is 5.11 Å². The van der Waals surface area contributed by atoms with Crippen LogP contribution >= 0.6 is 0 Å². The van der Waals surface area contributed by atoms with E-state index >= 15 is 0 Å². The van der Waals surface area contributed by atoms with E-state index in [9.17, 15) is 9.32 Å². The Hall–Kier alpha value is -2.87. The fourth-order valence-electron chi connectivity index (χ4n) is 6.75. The molecule has 3 atom stereocenters. The second-order valence-electron chi connectivity index (χ2n) is 11.9. The number of aromatic amines is 1. The van der Waals surface area contributed by atoms with Crippen LogP contribution < -0.4 is 0 Å². The van der Waals surface area contributed by atoms with E-state index in [0.29, 0.717) is 16.9 Å². The summed E-state index contributed by atoms with van der Waals surface area (Å²) in [5, 5.41) is 18.9. The zero-order valence-corrected chi connectivity index (χ0v) is 23.3. The molecule has 4 aromatic rings. The Balaban J connectivity index is 1.16. The number of rotatable bonds is 6. The van der Waals surface area contributed by atoms with Gasteiger partial charge in [0.05, 0.1) is 23.1 Å². The first kappa shape index (κ1) is 25.1. The van der Waals surface area contributed by atoms with Crippen molar-refractivity contribution in [2.24, 2.45) is 0 Å². The van der Waals surface area contributed by atoms with Gasteiger partial charge in [0.2, 0.25) is 0 Å². The van der Waals surface area contributed by atoms with Crippen molar-refractivity contribution in [3.8, 4) is 22.4 Å². The molecule has 0 radical (unpaired) electrons. The Morgan fingerprint density at radius 3 is 2.54 bits per heavy atom. The van der Waals surface area contributed by atoms with Crippen LogP contribution in [-0.2, 0) is 23.6 Å². The second kappa shape index (κ2) is 9.95. The summed E-state index contributed by atoms with van der Waals surface area (Å²) in [6.07, 6.45) is 10.7. The molecule has 1 saturated heterocycles. The van der Waals surface area contributed by atoms with E-state index in [1.165, 1.54) is 23.1 Å². The number of hydrogen-bond donors (Lipinski definition) is 2. The van der Waals surface area contributed by atoms with Gasteiger partial charge in [0.1, 0.15) is 0 Å². The maximum atomic E-state index is 12.5. The molecule has 202 valence electrons. The number of aliphatic hydroxyl groups is 1. The van der Waals surface area contributed by atoms with Gasteiger partial charge in [0.15, 0.2) is 5.65 Å². The van der Waals surface area contributed by atoms with Crippen LogP contribution in [0.25, 0.3) is 33.4 Å². The van der Waals surface area contributed by atoms with Crippen LogP contribution in [0, 0.1) is 0 Å². The first-order valence-corrected chi connectivity index (χ1v) is 15.6. The molecule has 7 heteroatoms. The number of likely N-dealkylation sites (tertiary alicyclic amines) is 1. The lowest BCUT2D eigenvalue weighted by molar-refractivity contribution is 0.0468. The number of H-pyrrole nitrogens is 1. The largest absolute Gasteiger partial charge is 0.395 e. The zero-order chi connectivity index (χ0) is 26.6. The number of nitrogens with zero attached hydrogens (tertiary/aromatic N) is 3. The minimum absolute atomic E-state index is 0.135. The summed E-state index contributed by atoms with van der Waals surface area (Å²) < 4.78 is 12.5. The van der Waals surface area contributed by atoms with Crippen molar-refractivity contribution in [1.29, 1.82) is 0 Å². The quantitative estimate of drug-likeness (QED) is 0.309. The van der Waals surface area contributed by atoms with E-state index in [1.54, 1.807) is 0 Å². The van der Waals surface area contributed by atoms with Gasteiger partial charge in [-0.1, -0.05) is 30.3 Å². The van der Waals surface area contributed by atoms with Crippen molar-refractivity contribution in [3.05, 3.63) is 65.9 Å². The second-order valence-corrected chi connectivity index (χ2v) is 13.6. The Kier molecular flexibility index (Phi) is 6.41. The van der Waals surface area contributed by atoms with Crippen LogP contribution in [-0.4, -0.2) is 59.4 Å². The third kappa shape index (κ3) is 4.64. The number of hydrogen-bond acceptors (Lipinski definition) is 5. The Bertz CT molecular complexity index is 1540. The van der Waals surface area contributed by atoms with Crippen LogP contribution in [0.2, 0.25) is 0 Å². The van der Waals surface area contributed by atoms with E-state index in [2.05, 4.69) is 51.3 Å². The van der Waals surface area contributed by atoms with Crippen LogP contribution in [0.1, 0.15) is 56.6 Å². The molecular weight excluding hydrogens is 504 g/mol. The molecule has 1 saturated carbocycles. The van der Waals surface area contributed by atoms with Gasteiger partial charge >= 0.3 is 0 Å². The minimum Gasteiger partial charge on any atom is -0.395 e. The first-order chi connectivity index (χ1) is 19.0. The van der Waals surface area contributed by atoms with E-state index < -0.39 is 10.8 Å². The molecule has 3 unspecified atom stereocenters. The maximum Gasteiger partial charge on any atom is 0.181 e.